The number of benzene rings is 1. The molecule has 0 saturated carbocycles. The topological polar surface area (TPSA) is 46.5 Å². The number of hydrogen-bond acceptors (Lipinski definition) is 3. The third-order valence-electron chi connectivity index (χ3n) is 1.46. The van der Waals surface area contributed by atoms with Crippen LogP contribution in [0.25, 0.3) is 0 Å². The first kappa shape index (κ1) is 10.1. The van der Waals surface area contributed by atoms with Gasteiger partial charge in [-0.25, -0.2) is 4.79 Å². The zero-order valence-electron chi connectivity index (χ0n) is 7.08. The van der Waals surface area contributed by atoms with E-state index in [9.17, 15) is 9.90 Å². The maximum atomic E-state index is 11.2. The fourth-order valence-electron chi connectivity index (χ4n) is 0.886. The molecule has 1 aromatic rings. The van der Waals surface area contributed by atoms with Gasteiger partial charge in [-0.05, 0) is 25.1 Å². The molecule has 4 heteroatoms. The summed E-state index contributed by atoms with van der Waals surface area (Å²) in [6.07, 6.45) is 0. The minimum absolute atomic E-state index is 0.0761. The molecule has 0 radical (unpaired) electrons. The number of carbonyl (C=O) groups excluding carboxylic acids is 1. The molecule has 13 heavy (non-hydrogen) atoms. The predicted molar refractivity (Wildman–Crippen MR) is 51.8 cm³/mol. The fraction of sp³-hybridized carbons (Fsp3) is 0.222. The van der Waals surface area contributed by atoms with E-state index in [1.165, 1.54) is 12.1 Å². The van der Waals surface area contributed by atoms with E-state index in [4.69, 9.17) is 4.74 Å². The van der Waals surface area contributed by atoms with E-state index in [0.29, 0.717) is 6.61 Å². The molecule has 0 aliphatic carbocycles. The molecule has 1 aromatic carbocycles. The lowest BCUT2D eigenvalue weighted by Crippen LogP contribution is -2.04. The maximum Gasteiger partial charge on any atom is 0.341 e. The van der Waals surface area contributed by atoms with Crippen molar-refractivity contribution in [1.82, 2.24) is 0 Å². The van der Waals surface area contributed by atoms with Crippen LogP contribution in [0.5, 0.6) is 5.75 Å². The number of hydrogen-bond donors (Lipinski definition) is 1. The SMILES string of the molecule is CCOC(=O)c1ccc(Br)cc1O. The van der Waals surface area contributed by atoms with E-state index in [1.54, 1.807) is 13.0 Å². The van der Waals surface area contributed by atoms with Gasteiger partial charge >= 0.3 is 5.97 Å². The van der Waals surface area contributed by atoms with Gasteiger partial charge in [0.2, 0.25) is 0 Å². The summed E-state index contributed by atoms with van der Waals surface area (Å²) in [4.78, 5) is 11.2. The average Bonchev–Trinajstić information content (AvgIpc) is 2.04. The Morgan fingerprint density at radius 3 is 2.85 bits per heavy atom. The molecule has 0 aliphatic rings. The van der Waals surface area contributed by atoms with E-state index in [0.717, 1.165) is 4.47 Å². The van der Waals surface area contributed by atoms with Gasteiger partial charge in [-0.15, -0.1) is 0 Å². The van der Waals surface area contributed by atoms with Gasteiger partial charge in [-0.2, -0.15) is 0 Å². The molecular weight excluding hydrogens is 236 g/mol. The van der Waals surface area contributed by atoms with Gasteiger partial charge in [-0.3, -0.25) is 0 Å². The highest BCUT2D eigenvalue weighted by molar-refractivity contribution is 9.10. The van der Waals surface area contributed by atoms with Gasteiger partial charge < -0.3 is 9.84 Å². The third kappa shape index (κ3) is 2.45. The van der Waals surface area contributed by atoms with E-state index in [2.05, 4.69) is 15.9 Å². The van der Waals surface area contributed by atoms with Crippen LogP contribution >= 0.6 is 15.9 Å². The van der Waals surface area contributed by atoms with Crippen molar-refractivity contribution in [2.45, 2.75) is 6.92 Å². The molecule has 0 spiro atoms. The Labute approximate surface area is 84.5 Å². The molecule has 3 nitrogen and oxygen atoms in total. The summed E-state index contributed by atoms with van der Waals surface area (Å²) in [5, 5.41) is 9.36. The fourth-order valence-corrected chi connectivity index (χ4v) is 1.24. The van der Waals surface area contributed by atoms with Crippen molar-refractivity contribution in [3.63, 3.8) is 0 Å². The second-order valence-electron chi connectivity index (χ2n) is 2.38. The Kier molecular flexibility index (Phi) is 3.31. The first-order chi connectivity index (χ1) is 6.15. The number of rotatable bonds is 2. The first-order valence-corrected chi connectivity index (χ1v) is 4.60. The molecule has 0 amide bonds. The number of ether oxygens (including phenoxy) is 1. The Balaban J connectivity index is 2.95. The number of halogens is 1. The Bertz CT molecular complexity index is 323. The summed E-state index contributed by atoms with van der Waals surface area (Å²) >= 11 is 3.17. The first-order valence-electron chi connectivity index (χ1n) is 3.80. The summed E-state index contributed by atoms with van der Waals surface area (Å²) < 4.78 is 5.45. The number of aromatic hydroxyl groups is 1. The zero-order chi connectivity index (χ0) is 9.84. The number of esters is 1. The lowest BCUT2D eigenvalue weighted by Gasteiger charge is -2.03. The molecule has 0 aliphatic heterocycles. The van der Waals surface area contributed by atoms with Gasteiger partial charge in [0.25, 0.3) is 0 Å². The van der Waals surface area contributed by atoms with Crippen LogP contribution in [0.2, 0.25) is 0 Å². The van der Waals surface area contributed by atoms with Crippen LogP contribution in [0.4, 0.5) is 0 Å². The lowest BCUT2D eigenvalue weighted by atomic mass is 10.2. The van der Waals surface area contributed by atoms with Crippen molar-refractivity contribution >= 4 is 21.9 Å². The molecular formula is C9H9BrO3. The van der Waals surface area contributed by atoms with Gasteiger partial charge in [0.1, 0.15) is 11.3 Å². The molecule has 70 valence electrons. The molecule has 0 atom stereocenters. The van der Waals surface area contributed by atoms with E-state index in [1.807, 2.05) is 0 Å². The molecule has 0 fully saturated rings. The standard InChI is InChI=1S/C9H9BrO3/c1-2-13-9(12)7-4-3-6(10)5-8(7)11/h3-5,11H,2H2,1H3. The molecule has 0 heterocycles. The van der Waals surface area contributed by atoms with Gasteiger partial charge in [0, 0.05) is 4.47 Å². The van der Waals surface area contributed by atoms with Crippen LogP contribution in [-0.4, -0.2) is 17.7 Å². The molecule has 0 unspecified atom stereocenters. The van der Waals surface area contributed by atoms with Crippen molar-refractivity contribution in [3.05, 3.63) is 28.2 Å². The highest BCUT2D eigenvalue weighted by atomic mass is 79.9. The molecule has 0 saturated heterocycles. The van der Waals surface area contributed by atoms with Crippen molar-refractivity contribution in [2.24, 2.45) is 0 Å². The van der Waals surface area contributed by atoms with Crippen molar-refractivity contribution in [1.29, 1.82) is 0 Å². The third-order valence-corrected chi connectivity index (χ3v) is 1.95. The van der Waals surface area contributed by atoms with Crippen LogP contribution in [0.3, 0.4) is 0 Å². The van der Waals surface area contributed by atoms with E-state index in [-0.39, 0.29) is 11.3 Å². The Morgan fingerprint density at radius 2 is 2.31 bits per heavy atom. The summed E-state index contributed by atoms with van der Waals surface area (Å²) in [6.45, 7) is 2.02. The van der Waals surface area contributed by atoms with Gasteiger partial charge in [0.05, 0.1) is 6.61 Å². The summed E-state index contributed by atoms with van der Waals surface area (Å²) in [7, 11) is 0. The number of phenolic OH excluding ortho intramolecular Hbond substituents is 1. The van der Waals surface area contributed by atoms with E-state index >= 15 is 0 Å². The second kappa shape index (κ2) is 4.28. The normalized spacial score (nSPS) is 9.69. The number of carbonyl (C=O) groups is 1. The molecule has 1 N–H and O–H groups in total. The van der Waals surface area contributed by atoms with Crippen molar-refractivity contribution in [2.75, 3.05) is 6.61 Å². The smallest absolute Gasteiger partial charge is 0.341 e. The second-order valence-corrected chi connectivity index (χ2v) is 3.30. The van der Waals surface area contributed by atoms with Crippen LogP contribution in [0.1, 0.15) is 17.3 Å². The predicted octanol–water partition coefficient (Wildman–Crippen LogP) is 2.33. The highest BCUT2D eigenvalue weighted by Gasteiger charge is 2.11. The van der Waals surface area contributed by atoms with Crippen molar-refractivity contribution in [3.8, 4) is 5.75 Å². The summed E-state index contributed by atoms with van der Waals surface area (Å²) in [5.41, 5.74) is 0.185. The largest absolute Gasteiger partial charge is 0.507 e. The summed E-state index contributed by atoms with van der Waals surface area (Å²) in [5.74, 6) is -0.583. The molecule has 0 aromatic heterocycles. The Morgan fingerprint density at radius 1 is 1.62 bits per heavy atom. The average molecular weight is 245 g/mol. The van der Waals surface area contributed by atoms with Crippen LogP contribution in [-0.2, 0) is 4.74 Å². The minimum atomic E-state index is -0.507. The molecule has 1 rings (SSSR count). The van der Waals surface area contributed by atoms with Crippen molar-refractivity contribution < 1.29 is 14.6 Å². The monoisotopic (exact) mass is 244 g/mol. The lowest BCUT2D eigenvalue weighted by molar-refractivity contribution is 0.0523. The van der Waals surface area contributed by atoms with E-state index < -0.39 is 5.97 Å². The number of phenols is 1. The van der Waals surface area contributed by atoms with Crippen LogP contribution in [0, 0.1) is 0 Å². The zero-order valence-corrected chi connectivity index (χ0v) is 8.67. The van der Waals surface area contributed by atoms with Gasteiger partial charge in [-0.1, -0.05) is 15.9 Å². The van der Waals surface area contributed by atoms with Crippen LogP contribution < -0.4 is 0 Å². The Hall–Kier alpha value is -1.03. The van der Waals surface area contributed by atoms with Gasteiger partial charge in [0.15, 0.2) is 0 Å². The quantitative estimate of drug-likeness (QED) is 0.813. The highest BCUT2D eigenvalue weighted by Crippen LogP contribution is 2.22. The summed E-state index contributed by atoms with van der Waals surface area (Å²) in [6, 6.07) is 4.63. The van der Waals surface area contributed by atoms with Crippen LogP contribution in [0.15, 0.2) is 22.7 Å². The minimum Gasteiger partial charge on any atom is -0.507 e. The molecule has 0 bridgehead atoms. The maximum absolute atomic E-state index is 11.2.